The number of aromatic nitrogens is 3. The molecule has 0 saturated heterocycles. The normalized spacial score (nSPS) is 10.9. The van der Waals surface area contributed by atoms with Crippen LogP contribution in [0.5, 0.6) is 5.75 Å². The molecule has 5 nitrogen and oxygen atoms in total. The summed E-state index contributed by atoms with van der Waals surface area (Å²) in [5.74, 6) is 8.41. The lowest BCUT2D eigenvalue weighted by molar-refractivity contribution is 0.343. The van der Waals surface area contributed by atoms with Gasteiger partial charge in [0.2, 0.25) is 5.16 Å². The molecule has 0 aliphatic rings. The minimum absolute atomic E-state index is 0.592. The van der Waals surface area contributed by atoms with Crippen LogP contribution < -0.4 is 10.6 Å². The minimum Gasteiger partial charge on any atom is -0.493 e. The van der Waals surface area contributed by atoms with Crippen molar-refractivity contribution < 1.29 is 4.74 Å². The van der Waals surface area contributed by atoms with Gasteiger partial charge in [-0.15, -0.1) is 21.5 Å². The zero-order valence-corrected chi connectivity index (χ0v) is 14.7. The molecule has 7 heteroatoms. The number of thioether (sulfide) groups is 1. The molecule has 0 saturated carbocycles. The number of ether oxygens (including phenoxy) is 1. The van der Waals surface area contributed by atoms with Gasteiger partial charge in [-0.1, -0.05) is 23.9 Å². The maximum atomic E-state index is 6.06. The third kappa shape index (κ3) is 3.86. The van der Waals surface area contributed by atoms with Crippen LogP contribution in [0.1, 0.15) is 11.1 Å². The van der Waals surface area contributed by atoms with Crippen molar-refractivity contribution in [3.8, 4) is 16.5 Å². The topological polar surface area (TPSA) is 66.0 Å². The van der Waals surface area contributed by atoms with Crippen LogP contribution in [-0.2, 0) is 0 Å². The summed E-state index contributed by atoms with van der Waals surface area (Å²) in [7, 11) is 0. The van der Waals surface area contributed by atoms with Crippen molar-refractivity contribution in [3.05, 3.63) is 46.8 Å². The van der Waals surface area contributed by atoms with E-state index in [9.17, 15) is 0 Å². The van der Waals surface area contributed by atoms with Gasteiger partial charge >= 0.3 is 0 Å². The zero-order chi connectivity index (χ0) is 16.2. The molecule has 0 atom stereocenters. The number of hydrogen-bond acceptors (Lipinski definition) is 6. The number of aryl methyl sites for hydroxylation is 2. The molecule has 0 aliphatic heterocycles. The molecule has 1 aromatic carbocycles. The first-order valence-corrected chi connectivity index (χ1v) is 9.08. The van der Waals surface area contributed by atoms with E-state index in [2.05, 4.69) is 30.1 Å². The van der Waals surface area contributed by atoms with Gasteiger partial charge in [-0.2, -0.15) is 0 Å². The average Bonchev–Trinajstić information content (AvgIpc) is 3.13. The van der Waals surface area contributed by atoms with Crippen molar-refractivity contribution in [2.75, 3.05) is 18.2 Å². The van der Waals surface area contributed by atoms with E-state index in [0.717, 1.165) is 16.4 Å². The van der Waals surface area contributed by atoms with E-state index >= 15 is 0 Å². The van der Waals surface area contributed by atoms with E-state index in [1.54, 1.807) is 11.3 Å². The predicted octanol–water partition coefficient (Wildman–Crippen LogP) is 3.51. The van der Waals surface area contributed by atoms with Crippen LogP contribution in [0.4, 0.5) is 0 Å². The summed E-state index contributed by atoms with van der Waals surface area (Å²) in [6, 6.07) is 10.2. The molecular formula is C16H18N4OS2. The number of nitrogens with two attached hydrogens (primary N) is 1. The third-order valence-electron chi connectivity index (χ3n) is 3.18. The molecule has 3 aromatic rings. The van der Waals surface area contributed by atoms with Crippen LogP contribution in [0, 0.1) is 13.8 Å². The standard InChI is InChI=1S/C16H18N4OS2/c1-11-8-12(2)10-13(9-11)21-5-7-23-16-19-18-15(20(16)17)14-4-3-6-22-14/h3-4,6,8-10H,5,7,17H2,1-2H3. The van der Waals surface area contributed by atoms with Gasteiger partial charge in [0.15, 0.2) is 5.82 Å². The number of nitrogens with zero attached hydrogens (tertiary/aromatic N) is 3. The highest BCUT2D eigenvalue weighted by molar-refractivity contribution is 7.99. The molecule has 23 heavy (non-hydrogen) atoms. The Morgan fingerprint density at radius 1 is 1.22 bits per heavy atom. The first kappa shape index (κ1) is 15.9. The summed E-state index contributed by atoms with van der Waals surface area (Å²) in [5.41, 5.74) is 2.41. The molecule has 2 heterocycles. The van der Waals surface area contributed by atoms with E-state index in [0.29, 0.717) is 17.6 Å². The Labute approximate surface area is 143 Å². The monoisotopic (exact) mass is 346 g/mol. The molecule has 0 aliphatic carbocycles. The maximum absolute atomic E-state index is 6.06. The highest BCUT2D eigenvalue weighted by atomic mass is 32.2. The van der Waals surface area contributed by atoms with Gasteiger partial charge in [-0.05, 0) is 48.6 Å². The van der Waals surface area contributed by atoms with Gasteiger partial charge in [0.25, 0.3) is 0 Å². The summed E-state index contributed by atoms with van der Waals surface area (Å²) in [6.07, 6.45) is 0. The van der Waals surface area contributed by atoms with Gasteiger partial charge in [0.05, 0.1) is 11.5 Å². The van der Waals surface area contributed by atoms with Gasteiger partial charge < -0.3 is 10.6 Å². The Kier molecular flexibility index (Phi) is 4.88. The lowest BCUT2D eigenvalue weighted by Crippen LogP contribution is -2.12. The number of nitrogen functional groups attached to an aromatic ring is 1. The average molecular weight is 346 g/mol. The Morgan fingerprint density at radius 2 is 2.00 bits per heavy atom. The molecule has 2 aromatic heterocycles. The quantitative estimate of drug-likeness (QED) is 0.420. The van der Waals surface area contributed by atoms with Crippen LogP contribution in [0.2, 0.25) is 0 Å². The predicted molar refractivity (Wildman–Crippen MR) is 95.6 cm³/mol. The smallest absolute Gasteiger partial charge is 0.210 e. The number of benzene rings is 1. The molecule has 0 amide bonds. The SMILES string of the molecule is Cc1cc(C)cc(OCCSc2nnc(-c3cccs3)n2N)c1. The van der Waals surface area contributed by atoms with Crippen LogP contribution in [0.3, 0.4) is 0 Å². The Hall–Kier alpha value is -1.99. The van der Waals surface area contributed by atoms with E-state index < -0.39 is 0 Å². The molecule has 0 unspecified atom stereocenters. The molecule has 0 fully saturated rings. The fourth-order valence-corrected chi connectivity index (χ4v) is 3.64. The largest absolute Gasteiger partial charge is 0.493 e. The first-order valence-electron chi connectivity index (χ1n) is 7.22. The van der Waals surface area contributed by atoms with Crippen LogP contribution >= 0.6 is 23.1 Å². The molecule has 2 N–H and O–H groups in total. The fourth-order valence-electron chi connectivity index (χ4n) is 2.26. The molecule has 3 rings (SSSR count). The van der Waals surface area contributed by atoms with Crippen LogP contribution in [0.15, 0.2) is 40.9 Å². The lowest BCUT2D eigenvalue weighted by atomic mass is 10.1. The molecule has 120 valence electrons. The van der Waals surface area contributed by atoms with E-state index in [1.807, 2.05) is 29.6 Å². The summed E-state index contributed by atoms with van der Waals surface area (Å²) in [5, 5.41) is 11.0. The first-order chi connectivity index (χ1) is 11.1. The number of rotatable bonds is 6. The highest BCUT2D eigenvalue weighted by Crippen LogP contribution is 2.25. The maximum Gasteiger partial charge on any atom is 0.210 e. The van der Waals surface area contributed by atoms with Crippen LogP contribution in [0.25, 0.3) is 10.7 Å². The molecular weight excluding hydrogens is 328 g/mol. The van der Waals surface area contributed by atoms with E-state index in [1.165, 1.54) is 27.6 Å². The van der Waals surface area contributed by atoms with Gasteiger partial charge in [-0.25, -0.2) is 4.68 Å². The van der Waals surface area contributed by atoms with Crippen LogP contribution in [-0.4, -0.2) is 27.2 Å². The van der Waals surface area contributed by atoms with E-state index in [-0.39, 0.29) is 0 Å². The third-order valence-corrected chi connectivity index (χ3v) is 4.96. The second-order valence-corrected chi connectivity index (χ2v) is 7.18. The molecule has 0 radical (unpaired) electrons. The minimum atomic E-state index is 0.592. The summed E-state index contributed by atoms with van der Waals surface area (Å²) < 4.78 is 7.33. The Balaban J connectivity index is 1.55. The molecule has 0 bridgehead atoms. The van der Waals surface area contributed by atoms with Gasteiger partial charge in [-0.3, -0.25) is 0 Å². The Bertz CT molecular complexity index is 763. The second kappa shape index (κ2) is 7.06. The fraction of sp³-hybridized carbons (Fsp3) is 0.250. The van der Waals surface area contributed by atoms with Gasteiger partial charge in [0, 0.05) is 5.75 Å². The van der Waals surface area contributed by atoms with Gasteiger partial charge in [0.1, 0.15) is 5.75 Å². The van der Waals surface area contributed by atoms with Crippen molar-refractivity contribution in [2.45, 2.75) is 19.0 Å². The summed E-state index contributed by atoms with van der Waals surface area (Å²) >= 11 is 3.13. The Morgan fingerprint density at radius 3 is 2.70 bits per heavy atom. The van der Waals surface area contributed by atoms with Crippen molar-refractivity contribution >= 4 is 23.1 Å². The molecule has 0 spiro atoms. The van der Waals surface area contributed by atoms with E-state index in [4.69, 9.17) is 10.6 Å². The summed E-state index contributed by atoms with van der Waals surface area (Å²) in [4.78, 5) is 1.01. The second-order valence-electron chi connectivity index (χ2n) is 5.17. The number of thiophene rings is 1. The number of hydrogen-bond donors (Lipinski definition) is 1. The van der Waals surface area contributed by atoms with Crippen molar-refractivity contribution in [3.63, 3.8) is 0 Å². The lowest BCUT2D eigenvalue weighted by Gasteiger charge is -2.08. The van der Waals surface area contributed by atoms with Crippen molar-refractivity contribution in [1.82, 2.24) is 14.9 Å². The zero-order valence-electron chi connectivity index (χ0n) is 13.0. The van der Waals surface area contributed by atoms with Crippen molar-refractivity contribution in [2.24, 2.45) is 0 Å². The van der Waals surface area contributed by atoms with Crippen molar-refractivity contribution in [1.29, 1.82) is 0 Å². The summed E-state index contributed by atoms with van der Waals surface area (Å²) in [6.45, 7) is 4.73. The highest BCUT2D eigenvalue weighted by Gasteiger charge is 2.12.